The number of para-hydroxylation sites is 1. The molecule has 0 amide bonds. The summed E-state index contributed by atoms with van der Waals surface area (Å²) >= 11 is 0. The lowest BCUT2D eigenvalue weighted by molar-refractivity contribution is -0.385. The van der Waals surface area contributed by atoms with E-state index in [1.807, 2.05) is 0 Å². The molecule has 0 heterocycles. The smallest absolute Gasteiger partial charge is 0.343 e. The molecule has 1 rings (SSSR count). The third kappa shape index (κ3) is 4.13. The molecule has 1 aromatic carbocycles. The number of nitrogens with zero attached hydrogens (tertiary/aromatic N) is 2. The Hall–Kier alpha value is -2.70. The molecule has 1 aromatic rings. The Morgan fingerprint density at radius 2 is 1.95 bits per heavy atom. The van der Waals surface area contributed by atoms with E-state index in [0.717, 1.165) is 0 Å². The Kier molecular flexibility index (Phi) is 5.59. The summed E-state index contributed by atoms with van der Waals surface area (Å²) in [5.74, 6) is -1.55. The van der Waals surface area contributed by atoms with Gasteiger partial charge in [-0.3, -0.25) is 14.9 Å². The van der Waals surface area contributed by atoms with Gasteiger partial charge in [0, 0.05) is 26.4 Å². The number of esters is 1. The number of Topliss-reactive ketones (excluding diaryl/α,β-unsaturated/α-hetero) is 1. The lowest BCUT2D eigenvalue weighted by Crippen LogP contribution is -2.20. The average molecular weight is 292 g/mol. The number of carbonyl (C=O) groups is 2. The third-order valence-corrected chi connectivity index (χ3v) is 2.47. The molecule has 0 atom stereocenters. The van der Waals surface area contributed by atoms with Gasteiger partial charge in [0.15, 0.2) is 0 Å². The van der Waals surface area contributed by atoms with Crippen molar-refractivity contribution in [2.24, 2.45) is 0 Å². The van der Waals surface area contributed by atoms with E-state index in [-0.39, 0.29) is 23.4 Å². The summed E-state index contributed by atoms with van der Waals surface area (Å²) in [7, 11) is 3.26. The monoisotopic (exact) mass is 292 g/mol. The van der Waals surface area contributed by atoms with E-state index in [1.165, 1.54) is 35.4 Å². The van der Waals surface area contributed by atoms with Crippen molar-refractivity contribution in [3.8, 4) is 0 Å². The van der Waals surface area contributed by atoms with Crippen LogP contribution in [0.25, 0.3) is 0 Å². The van der Waals surface area contributed by atoms with E-state index in [4.69, 9.17) is 4.74 Å². The molecule has 7 heteroatoms. The van der Waals surface area contributed by atoms with Crippen LogP contribution in [0.1, 0.15) is 17.3 Å². The molecule has 0 saturated carbocycles. The molecule has 0 fully saturated rings. The van der Waals surface area contributed by atoms with Crippen LogP contribution in [0, 0.1) is 10.1 Å². The Morgan fingerprint density at radius 1 is 1.33 bits per heavy atom. The van der Waals surface area contributed by atoms with Crippen molar-refractivity contribution in [1.29, 1.82) is 0 Å². The molecule has 0 aliphatic carbocycles. The van der Waals surface area contributed by atoms with Gasteiger partial charge in [-0.25, -0.2) is 4.79 Å². The van der Waals surface area contributed by atoms with Crippen LogP contribution in [-0.2, 0) is 9.53 Å². The number of carbonyl (C=O) groups excluding carboxylic acids is 2. The molecule has 0 unspecified atom stereocenters. The lowest BCUT2D eigenvalue weighted by atomic mass is 10.0. The standard InChI is InChI=1S/C14H16N2O5/c1-4-21-14(18)11(9-15(2)3)13(17)10-7-5-6-8-12(10)16(19)20/h5-9H,4H2,1-3H3/b11-9-. The Morgan fingerprint density at radius 3 is 2.48 bits per heavy atom. The van der Waals surface area contributed by atoms with Gasteiger partial charge in [0.1, 0.15) is 11.1 Å². The highest BCUT2D eigenvalue weighted by molar-refractivity contribution is 6.25. The quantitative estimate of drug-likeness (QED) is 0.151. The predicted octanol–water partition coefficient (Wildman–Crippen LogP) is 1.79. The van der Waals surface area contributed by atoms with Crippen LogP contribution < -0.4 is 0 Å². The highest BCUT2D eigenvalue weighted by Crippen LogP contribution is 2.21. The highest BCUT2D eigenvalue weighted by Gasteiger charge is 2.27. The van der Waals surface area contributed by atoms with Crippen molar-refractivity contribution in [1.82, 2.24) is 4.90 Å². The molecule has 0 spiro atoms. The Balaban J connectivity index is 3.30. The zero-order valence-electron chi connectivity index (χ0n) is 12.0. The van der Waals surface area contributed by atoms with E-state index in [9.17, 15) is 19.7 Å². The number of benzene rings is 1. The topological polar surface area (TPSA) is 89.8 Å². The second kappa shape index (κ2) is 7.18. The van der Waals surface area contributed by atoms with Crippen LogP contribution in [-0.4, -0.2) is 42.3 Å². The van der Waals surface area contributed by atoms with Gasteiger partial charge >= 0.3 is 5.97 Å². The molecule has 0 saturated heterocycles. The molecule has 0 radical (unpaired) electrons. The van der Waals surface area contributed by atoms with Crippen molar-refractivity contribution < 1.29 is 19.2 Å². The van der Waals surface area contributed by atoms with Crippen LogP contribution in [0.2, 0.25) is 0 Å². The predicted molar refractivity (Wildman–Crippen MR) is 75.8 cm³/mol. The number of hydrogen-bond donors (Lipinski definition) is 0. The first-order chi connectivity index (χ1) is 9.88. The van der Waals surface area contributed by atoms with Gasteiger partial charge in [-0.05, 0) is 13.0 Å². The summed E-state index contributed by atoms with van der Waals surface area (Å²) in [6, 6.07) is 5.47. The molecule has 0 aromatic heterocycles. The number of ketones is 1. The van der Waals surface area contributed by atoms with Crippen molar-refractivity contribution in [2.45, 2.75) is 6.92 Å². The number of nitro groups is 1. The first kappa shape index (κ1) is 16.4. The zero-order chi connectivity index (χ0) is 16.0. The van der Waals surface area contributed by atoms with Gasteiger partial charge < -0.3 is 9.64 Å². The van der Waals surface area contributed by atoms with Gasteiger partial charge in [-0.2, -0.15) is 0 Å². The molecule has 0 bridgehead atoms. The van der Waals surface area contributed by atoms with Crippen LogP contribution in [0.4, 0.5) is 5.69 Å². The summed E-state index contributed by atoms with van der Waals surface area (Å²) in [6.45, 7) is 1.72. The molecule has 7 nitrogen and oxygen atoms in total. The first-order valence-electron chi connectivity index (χ1n) is 6.22. The average Bonchev–Trinajstić information content (AvgIpc) is 2.44. The Labute approximate surface area is 122 Å². The fourth-order valence-corrected chi connectivity index (χ4v) is 1.64. The van der Waals surface area contributed by atoms with Gasteiger partial charge in [-0.15, -0.1) is 0 Å². The third-order valence-electron chi connectivity index (χ3n) is 2.47. The van der Waals surface area contributed by atoms with Gasteiger partial charge in [0.05, 0.1) is 11.5 Å². The first-order valence-corrected chi connectivity index (χ1v) is 6.22. The molecule has 0 aliphatic heterocycles. The number of ether oxygens (including phenoxy) is 1. The van der Waals surface area contributed by atoms with Gasteiger partial charge in [0.2, 0.25) is 5.78 Å². The van der Waals surface area contributed by atoms with Crippen molar-refractivity contribution in [3.63, 3.8) is 0 Å². The second-order valence-electron chi connectivity index (χ2n) is 4.33. The van der Waals surface area contributed by atoms with Gasteiger partial charge in [0.25, 0.3) is 5.69 Å². The minimum absolute atomic E-state index is 0.105. The minimum atomic E-state index is -0.811. The normalized spacial score (nSPS) is 10.9. The van der Waals surface area contributed by atoms with Crippen LogP contribution >= 0.6 is 0 Å². The summed E-state index contributed by atoms with van der Waals surface area (Å²) < 4.78 is 4.82. The maximum atomic E-state index is 12.4. The van der Waals surface area contributed by atoms with Crippen molar-refractivity contribution in [2.75, 3.05) is 20.7 Å². The van der Waals surface area contributed by atoms with E-state index >= 15 is 0 Å². The SMILES string of the molecule is CCOC(=O)/C(=C\N(C)C)C(=O)c1ccccc1[N+](=O)[O-]. The Bertz CT molecular complexity index is 593. The zero-order valence-corrected chi connectivity index (χ0v) is 12.0. The van der Waals surface area contributed by atoms with Gasteiger partial charge in [-0.1, -0.05) is 12.1 Å². The summed E-state index contributed by atoms with van der Waals surface area (Å²) in [4.78, 5) is 36.1. The number of hydrogen-bond acceptors (Lipinski definition) is 6. The fourth-order valence-electron chi connectivity index (χ4n) is 1.64. The van der Waals surface area contributed by atoms with Crippen molar-refractivity contribution in [3.05, 3.63) is 51.7 Å². The molecular weight excluding hydrogens is 276 g/mol. The van der Waals surface area contributed by atoms with E-state index in [0.29, 0.717) is 0 Å². The largest absolute Gasteiger partial charge is 0.462 e. The highest BCUT2D eigenvalue weighted by atomic mass is 16.6. The fraction of sp³-hybridized carbons (Fsp3) is 0.286. The number of rotatable bonds is 6. The number of nitro benzene ring substituents is 1. The molecule has 112 valence electrons. The molecule has 0 aliphatic rings. The van der Waals surface area contributed by atoms with Crippen molar-refractivity contribution >= 4 is 17.4 Å². The summed E-state index contributed by atoms with van der Waals surface area (Å²) in [6.07, 6.45) is 1.29. The van der Waals surface area contributed by atoms with Crippen LogP contribution in [0.15, 0.2) is 36.0 Å². The van der Waals surface area contributed by atoms with Crippen LogP contribution in [0.5, 0.6) is 0 Å². The maximum Gasteiger partial charge on any atom is 0.343 e. The van der Waals surface area contributed by atoms with E-state index < -0.39 is 16.7 Å². The van der Waals surface area contributed by atoms with E-state index in [1.54, 1.807) is 21.0 Å². The lowest BCUT2D eigenvalue weighted by Gasteiger charge is -2.10. The maximum absolute atomic E-state index is 12.4. The summed E-state index contributed by atoms with van der Waals surface area (Å²) in [5, 5.41) is 11.0. The molecular formula is C14H16N2O5. The summed E-state index contributed by atoms with van der Waals surface area (Å²) in [5.41, 5.74) is -0.753. The minimum Gasteiger partial charge on any atom is -0.462 e. The van der Waals surface area contributed by atoms with Crippen LogP contribution in [0.3, 0.4) is 0 Å². The second-order valence-corrected chi connectivity index (χ2v) is 4.33. The molecule has 21 heavy (non-hydrogen) atoms. The van der Waals surface area contributed by atoms with E-state index in [2.05, 4.69) is 0 Å². The molecule has 0 N–H and O–H groups in total.